The molecule has 1 fully saturated rings. The number of hydrogen-bond donors (Lipinski definition) is 1. The Bertz CT molecular complexity index is 831. The van der Waals surface area contributed by atoms with Crippen molar-refractivity contribution >= 4 is 34.0 Å². The predicted molar refractivity (Wildman–Crippen MR) is 104 cm³/mol. The molecule has 0 aliphatic carbocycles. The quantitative estimate of drug-likeness (QED) is 0.869. The van der Waals surface area contributed by atoms with E-state index in [2.05, 4.69) is 22.4 Å². The Hall–Kier alpha value is -2.28. The van der Waals surface area contributed by atoms with Crippen molar-refractivity contribution in [3.8, 4) is 0 Å². The molecule has 0 radical (unpaired) electrons. The molecule has 26 heavy (non-hydrogen) atoms. The summed E-state index contributed by atoms with van der Waals surface area (Å²) in [5.74, 6) is 0.347. The highest BCUT2D eigenvalue weighted by atomic mass is 32.1. The second-order valence-corrected chi connectivity index (χ2v) is 8.27. The average molecular weight is 372 g/mol. The van der Waals surface area contributed by atoms with E-state index in [0.29, 0.717) is 30.4 Å². The third-order valence-corrected chi connectivity index (χ3v) is 5.56. The van der Waals surface area contributed by atoms with Gasteiger partial charge < -0.3 is 10.2 Å². The minimum atomic E-state index is -0.0537. The average Bonchev–Trinajstić information content (AvgIpc) is 3.16. The molecule has 0 spiro atoms. The van der Waals surface area contributed by atoms with Gasteiger partial charge in [-0.1, -0.05) is 31.3 Å². The van der Waals surface area contributed by atoms with E-state index in [-0.39, 0.29) is 17.7 Å². The Morgan fingerprint density at radius 3 is 2.77 bits per heavy atom. The van der Waals surface area contributed by atoms with Crippen molar-refractivity contribution in [1.29, 1.82) is 0 Å². The van der Waals surface area contributed by atoms with Gasteiger partial charge in [-0.15, -0.1) is 10.2 Å². The zero-order valence-corrected chi connectivity index (χ0v) is 16.4. The Morgan fingerprint density at radius 1 is 1.31 bits per heavy atom. The number of nitrogens with one attached hydrogen (secondary N) is 1. The van der Waals surface area contributed by atoms with Gasteiger partial charge in [0.05, 0.1) is 0 Å². The Labute approximate surface area is 157 Å². The van der Waals surface area contributed by atoms with Gasteiger partial charge in [0.15, 0.2) is 0 Å². The van der Waals surface area contributed by atoms with Crippen molar-refractivity contribution in [1.82, 2.24) is 10.2 Å². The molecule has 1 aliphatic rings. The van der Waals surface area contributed by atoms with Gasteiger partial charge in [0, 0.05) is 31.0 Å². The number of benzene rings is 1. The van der Waals surface area contributed by atoms with Gasteiger partial charge in [-0.3, -0.25) is 9.59 Å². The minimum absolute atomic E-state index is 0.0114. The number of aryl methyl sites for hydroxylation is 2. The third kappa shape index (κ3) is 4.09. The molecule has 1 aromatic heterocycles. The Kier molecular flexibility index (Phi) is 5.36. The molecule has 1 aliphatic heterocycles. The third-order valence-electron chi connectivity index (χ3n) is 4.56. The Morgan fingerprint density at radius 2 is 2.08 bits per heavy atom. The van der Waals surface area contributed by atoms with Crippen LogP contribution in [0.2, 0.25) is 0 Å². The first-order valence-electron chi connectivity index (χ1n) is 8.84. The van der Waals surface area contributed by atoms with Crippen LogP contribution >= 0.6 is 11.3 Å². The van der Waals surface area contributed by atoms with Crippen molar-refractivity contribution in [3.63, 3.8) is 0 Å². The standard InChI is InChI=1S/C19H24N4O2S/c1-11(2)7-16(24)20-19-22-21-18(26-19)14-9-17(25)23(10-14)15-6-5-12(3)13(4)8-15/h5-6,8,11,14H,7,9-10H2,1-4H3,(H,20,22,24)/t14-/m0/s1. The molecule has 0 unspecified atom stereocenters. The number of hydrogen-bond acceptors (Lipinski definition) is 5. The van der Waals surface area contributed by atoms with Gasteiger partial charge in [-0.2, -0.15) is 0 Å². The molecular formula is C19H24N4O2S. The van der Waals surface area contributed by atoms with E-state index in [9.17, 15) is 9.59 Å². The lowest BCUT2D eigenvalue weighted by Gasteiger charge is -2.17. The summed E-state index contributed by atoms with van der Waals surface area (Å²) < 4.78 is 0. The van der Waals surface area contributed by atoms with Crippen LogP contribution in [0.4, 0.5) is 10.8 Å². The van der Waals surface area contributed by atoms with E-state index in [4.69, 9.17) is 0 Å². The summed E-state index contributed by atoms with van der Waals surface area (Å²) in [5.41, 5.74) is 3.31. The van der Waals surface area contributed by atoms with Crippen molar-refractivity contribution in [3.05, 3.63) is 34.3 Å². The second kappa shape index (κ2) is 7.53. The van der Waals surface area contributed by atoms with E-state index in [0.717, 1.165) is 10.7 Å². The van der Waals surface area contributed by atoms with E-state index in [1.807, 2.05) is 43.9 Å². The lowest BCUT2D eigenvalue weighted by Crippen LogP contribution is -2.24. The van der Waals surface area contributed by atoms with Crippen molar-refractivity contribution in [2.24, 2.45) is 5.92 Å². The number of nitrogens with zero attached hydrogens (tertiary/aromatic N) is 3. The molecule has 3 rings (SSSR count). The predicted octanol–water partition coefficient (Wildman–Crippen LogP) is 3.66. The fourth-order valence-corrected chi connectivity index (χ4v) is 3.86. The van der Waals surface area contributed by atoms with E-state index in [1.54, 1.807) is 0 Å². The van der Waals surface area contributed by atoms with Crippen LogP contribution in [0.3, 0.4) is 0 Å². The zero-order valence-electron chi connectivity index (χ0n) is 15.6. The summed E-state index contributed by atoms with van der Waals surface area (Å²) in [6, 6.07) is 6.08. The maximum Gasteiger partial charge on any atom is 0.227 e. The van der Waals surface area contributed by atoms with Crippen LogP contribution < -0.4 is 10.2 Å². The molecule has 6 nitrogen and oxygen atoms in total. The zero-order chi connectivity index (χ0) is 18.8. The first-order chi connectivity index (χ1) is 12.3. The maximum atomic E-state index is 12.5. The summed E-state index contributed by atoms with van der Waals surface area (Å²) in [7, 11) is 0. The summed E-state index contributed by atoms with van der Waals surface area (Å²) in [5, 5.41) is 12.4. The lowest BCUT2D eigenvalue weighted by molar-refractivity contribution is -0.117. The Balaban J connectivity index is 1.69. The summed E-state index contributed by atoms with van der Waals surface area (Å²) in [4.78, 5) is 26.2. The van der Waals surface area contributed by atoms with Crippen LogP contribution in [-0.4, -0.2) is 28.6 Å². The van der Waals surface area contributed by atoms with E-state index < -0.39 is 0 Å². The molecule has 1 aromatic carbocycles. The summed E-state index contributed by atoms with van der Waals surface area (Å²) in [6.45, 7) is 8.70. The topological polar surface area (TPSA) is 75.2 Å². The lowest BCUT2D eigenvalue weighted by atomic mass is 10.1. The van der Waals surface area contributed by atoms with Crippen LogP contribution in [0, 0.1) is 19.8 Å². The van der Waals surface area contributed by atoms with E-state index >= 15 is 0 Å². The smallest absolute Gasteiger partial charge is 0.227 e. The van der Waals surface area contributed by atoms with Gasteiger partial charge in [0.25, 0.3) is 0 Å². The fraction of sp³-hybridized carbons (Fsp3) is 0.474. The van der Waals surface area contributed by atoms with Crippen molar-refractivity contribution in [2.45, 2.75) is 46.5 Å². The molecule has 1 saturated heterocycles. The molecule has 1 atom stereocenters. The fourth-order valence-electron chi connectivity index (χ4n) is 3.01. The monoisotopic (exact) mass is 372 g/mol. The van der Waals surface area contributed by atoms with Gasteiger partial charge in [-0.05, 0) is 43.0 Å². The summed E-state index contributed by atoms with van der Waals surface area (Å²) in [6.07, 6.45) is 0.874. The first-order valence-corrected chi connectivity index (χ1v) is 9.66. The largest absolute Gasteiger partial charge is 0.312 e. The highest BCUT2D eigenvalue weighted by Crippen LogP contribution is 2.34. The van der Waals surface area contributed by atoms with Crippen LogP contribution in [0.5, 0.6) is 0 Å². The number of aromatic nitrogens is 2. The van der Waals surface area contributed by atoms with Crippen LogP contribution in [0.25, 0.3) is 0 Å². The van der Waals surface area contributed by atoms with E-state index in [1.165, 1.54) is 22.5 Å². The van der Waals surface area contributed by atoms with Crippen molar-refractivity contribution < 1.29 is 9.59 Å². The minimum Gasteiger partial charge on any atom is -0.312 e. The summed E-state index contributed by atoms with van der Waals surface area (Å²) >= 11 is 1.36. The van der Waals surface area contributed by atoms with Crippen LogP contribution in [0.15, 0.2) is 18.2 Å². The number of anilines is 2. The maximum absolute atomic E-state index is 12.5. The number of carbonyl (C=O) groups excluding carboxylic acids is 2. The number of carbonyl (C=O) groups is 2. The molecular weight excluding hydrogens is 348 g/mol. The van der Waals surface area contributed by atoms with Crippen LogP contribution in [0.1, 0.15) is 48.7 Å². The molecule has 2 heterocycles. The van der Waals surface area contributed by atoms with Gasteiger partial charge >= 0.3 is 0 Å². The van der Waals surface area contributed by atoms with Crippen LogP contribution in [-0.2, 0) is 9.59 Å². The normalized spacial score (nSPS) is 17.2. The molecule has 1 N–H and O–H groups in total. The molecule has 0 bridgehead atoms. The SMILES string of the molecule is Cc1ccc(N2C[C@@H](c3nnc(NC(=O)CC(C)C)s3)CC2=O)cc1C. The molecule has 0 saturated carbocycles. The van der Waals surface area contributed by atoms with Gasteiger partial charge in [-0.25, -0.2) is 0 Å². The van der Waals surface area contributed by atoms with Crippen molar-refractivity contribution in [2.75, 3.05) is 16.8 Å². The number of rotatable bonds is 5. The molecule has 7 heteroatoms. The molecule has 2 aromatic rings. The van der Waals surface area contributed by atoms with Gasteiger partial charge in [0.2, 0.25) is 16.9 Å². The first kappa shape index (κ1) is 18.5. The molecule has 138 valence electrons. The highest BCUT2D eigenvalue weighted by molar-refractivity contribution is 7.15. The van der Waals surface area contributed by atoms with Gasteiger partial charge in [0.1, 0.15) is 5.01 Å². The molecule has 2 amide bonds. The second-order valence-electron chi connectivity index (χ2n) is 7.27. The highest BCUT2D eigenvalue weighted by Gasteiger charge is 2.34. The number of amides is 2.